The number of amides is 1. The van der Waals surface area contributed by atoms with Gasteiger partial charge >= 0.3 is 0 Å². The summed E-state index contributed by atoms with van der Waals surface area (Å²) in [5, 5.41) is 18.2. The Kier molecular flexibility index (Phi) is 5.68. The maximum absolute atomic E-state index is 12.9. The van der Waals surface area contributed by atoms with Gasteiger partial charge in [-0.05, 0) is 60.8 Å². The van der Waals surface area contributed by atoms with Crippen LogP contribution >= 0.6 is 0 Å². The molecule has 5 rings (SSSR count). The highest BCUT2D eigenvalue weighted by atomic mass is 16.5. The number of nitrogens with two attached hydrogens (primary N) is 1. The molecule has 178 valence electrons. The maximum Gasteiger partial charge on any atom is 0.291 e. The summed E-state index contributed by atoms with van der Waals surface area (Å²) in [4.78, 5) is 19.7. The zero-order valence-corrected chi connectivity index (χ0v) is 19.5. The molecule has 1 aromatic carbocycles. The third kappa shape index (κ3) is 4.21. The number of aromatic amines is 2. The maximum atomic E-state index is 12.9. The van der Waals surface area contributed by atoms with E-state index in [0.717, 1.165) is 48.9 Å². The van der Waals surface area contributed by atoms with Crippen LogP contribution in [-0.2, 0) is 10.2 Å². The predicted octanol–water partition coefficient (Wildman–Crippen LogP) is 3.45. The van der Waals surface area contributed by atoms with E-state index in [1.54, 1.807) is 0 Å². The second kappa shape index (κ2) is 8.68. The van der Waals surface area contributed by atoms with Crippen LogP contribution in [0.25, 0.3) is 5.57 Å². The van der Waals surface area contributed by atoms with E-state index in [0.29, 0.717) is 24.9 Å². The highest BCUT2D eigenvalue weighted by Crippen LogP contribution is 2.44. The van der Waals surface area contributed by atoms with Crippen LogP contribution in [0.15, 0.2) is 30.5 Å². The lowest BCUT2D eigenvalue weighted by Crippen LogP contribution is -2.36. The van der Waals surface area contributed by atoms with E-state index < -0.39 is 5.41 Å². The van der Waals surface area contributed by atoms with Gasteiger partial charge in [-0.2, -0.15) is 5.21 Å². The molecule has 1 fully saturated rings. The second-order valence-corrected chi connectivity index (χ2v) is 9.93. The van der Waals surface area contributed by atoms with Gasteiger partial charge in [0.15, 0.2) is 11.6 Å². The fraction of sp³-hybridized carbons (Fsp3) is 0.458. The Labute approximate surface area is 197 Å². The van der Waals surface area contributed by atoms with Crippen molar-refractivity contribution in [2.24, 2.45) is 5.41 Å². The van der Waals surface area contributed by atoms with Gasteiger partial charge in [0, 0.05) is 24.5 Å². The minimum atomic E-state index is -0.396. The molecule has 10 nitrogen and oxygen atoms in total. The van der Waals surface area contributed by atoms with Crippen molar-refractivity contribution in [3.8, 4) is 0 Å². The quantitative estimate of drug-likeness (QED) is 0.454. The van der Waals surface area contributed by atoms with Crippen molar-refractivity contribution < 1.29 is 9.53 Å². The predicted molar refractivity (Wildman–Crippen MR) is 128 cm³/mol. The summed E-state index contributed by atoms with van der Waals surface area (Å²) in [5.74, 6) is 0.864. The number of anilines is 2. The van der Waals surface area contributed by atoms with Crippen LogP contribution < -0.4 is 11.1 Å². The van der Waals surface area contributed by atoms with Crippen molar-refractivity contribution in [1.29, 1.82) is 0 Å². The summed E-state index contributed by atoms with van der Waals surface area (Å²) < 4.78 is 5.67. The zero-order valence-electron chi connectivity index (χ0n) is 19.5. The number of carbonyl (C=O) groups excluding carboxylic acids is 1. The van der Waals surface area contributed by atoms with Crippen molar-refractivity contribution in [2.75, 3.05) is 24.3 Å². The van der Waals surface area contributed by atoms with Gasteiger partial charge < -0.3 is 20.8 Å². The third-order valence-electron chi connectivity index (χ3n) is 7.07. The molecule has 0 radical (unpaired) electrons. The molecular weight excluding hydrogens is 432 g/mol. The molecular formula is C24H30N8O2. The number of benzene rings is 1. The van der Waals surface area contributed by atoms with E-state index >= 15 is 0 Å². The normalized spacial score (nSPS) is 19.4. The van der Waals surface area contributed by atoms with Crippen LogP contribution in [0.2, 0.25) is 0 Å². The van der Waals surface area contributed by atoms with Gasteiger partial charge in [-0.25, -0.2) is 4.98 Å². The fourth-order valence-electron chi connectivity index (χ4n) is 4.90. The number of H-pyrrole nitrogens is 2. The minimum Gasteiger partial charge on any atom is -0.384 e. The van der Waals surface area contributed by atoms with Crippen LogP contribution in [0, 0.1) is 5.41 Å². The van der Waals surface area contributed by atoms with E-state index in [9.17, 15) is 4.79 Å². The van der Waals surface area contributed by atoms with Gasteiger partial charge in [-0.1, -0.05) is 31.2 Å². The lowest BCUT2D eigenvalue weighted by molar-refractivity contribution is 0.0605. The number of allylic oxidation sites excluding steroid dienone is 2. The first kappa shape index (κ1) is 22.3. The van der Waals surface area contributed by atoms with Crippen LogP contribution in [0.1, 0.15) is 73.5 Å². The van der Waals surface area contributed by atoms with Gasteiger partial charge in [0.05, 0.1) is 11.6 Å². The lowest BCUT2D eigenvalue weighted by Gasteiger charge is -2.36. The summed E-state index contributed by atoms with van der Waals surface area (Å²) >= 11 is 0. The van der Waals surface area contributed by atoms with E-state index in [4.69, 9.17) is 10.5 Å². The second-order valence-electron chi connectivity index (χ2n) is 9.93. The molecule has 0 spiro atoms. The van der Waals surface area contributed by atoms with Gasteiger partial charge in [0.1, 0.15) is 5.82 Å². The molecule has 34 heavy (non-hydrogen) atoms. The number of imidazole rings is 1. The Hall–Kier alpha value is -3.53. The molecule has 1 aliphatic carbocycles. The summed E-state index contributed by atoms with van der Waals surface area (Å²) in [6.45, 7) is 5.82. The first-order valence-corrected chi connectivity index (χ1v) is 11.6. The van der Waals surface area contributed by atoms with Gasteiger partial charge in [-0.3, -0.25) is 4.79 Å². The van der Waals surface area contributed by atoms with Crippen LogP contribution in [-0.4, -0.2) is 49.7 Å². The minimum absolute atomic E-state index is 0.180. The Morgan fingerprint density at radius 3 is 2.68 bits per heavy atom. The van der Waals surface area contributed by atoms with Gasteiger partial charge in [0.2, 0.25) is 0 Å². The SMILES string of the molecule is CC1(C)CC=C(c2cc(C3(c4nn[nH]n4)CCOCC3)ccc2NC(=O)c2ncc(N)[nH]2)CC1. The van der Waals surface area contributed by atoms with Crippen LogP contribution in [0.4, 0.5) is 11.5 Å². The molecule has 2 aromatic heterocycles. The zero-order chi connectivity index (χ0) is 23.8. The molecule has 2 aliphatic rings. The number of carbonyl (C=O) groups is 1. The fourth-order valence-corrected chi connectivity index (χ4v) is 4.90. The Balaban J connectivity index is 1.57. The van der Waals surface area contributed by atoms with Crippen molar-refractivity contribution in [3.05, 3.63) is 53.2 Å². The van der Waals surface area contributed by atoms with E-state index in [1.807, 2.05) is 12.1 Å². The van der Waals surface area contributed by atoms with Crippen molar-refractivity contribution in [3.63, 3.8) is 0 Å². The van der Waals surface area contributed by atoms with Crippen LogP contribution in [0.3, 0.4) is 0 Å². The number of rotatable bonds is 5. The molecule has 1 amide bonds. The van der Waals surface area contributed by atoms with Crippen molar-refractivity contribution in [2.45, 2.75) is 51.4 Å². The first-order valence-electron chi connectivity index (χ1n) is 11.6. The summed E-state index contributed by atoms with van der Waals surface area (Å²) in [6, 6.07) is 6.19. The molecule has 3 heterocycles. The Morgan fingerprint density at radius 1 is 1.21 bits per heavy atom. The number of aromatic nitrogens is 6. The van der Waals surface area contributed by atoms with Crippen molar-refractivity contribution in [1.82, 2.24) is 30.6 Å². The molecule has 3 aromatic rings. The van der Waals surface area contributed by atoms with E-state index in [1.165, 1.54) is 11.8 Å². The standard InChI is InChI=1S/C24H30N8O2/c1-23(2)7-5-15(6-8-23)17-13-16(24(9-11-34-12-10-24)22-29-31-32-30-22)3-4-18(17)27-21(33)20-26-14-19(25)28-20/h3-5,13-14H,6-12,25H2,1-2H3,(H,26,28)(H,27,33)(H,29,30,31,32). The van der Waals surface area contributed by atoms with Gasteiger partial charge in [0.25, 0.3) is 5.91 Å². The number of hydrogen-bond acceptors (Lipinski definition) is 7. The topological polar surface area (TPSA) is 147 Å². The van der Waals surface area contributed by atoms with Gasteiger partial charge in [-0.15, -0.1) is 10.2 Å². The first-order chi connectivity index (χ1) is 16.4. The van der Waals surface area contributed by atoms with Crippen LogP contribution in [0.5, 0.6) is 0 Å². The summed E-state index contributed by atoms with van der Waals surface area (Å²) in [6.07, 6.45) is 8.25. The Bertz CT molecular complexity index is 1210. The molecule has 0 saturated carbocycles. The smallest absolute Gasteiger partial charge is 0.291 e. The highest BCUT2D eigenvalue weighted by Gasteiger charge is 2.40. The lowest BCUT2D eigenvalue weighted by atomic mass is 9.72. The highest BCUT2D eigenvalue weighted by molar-refractivity contribution is 6.03. The molecule has 0 bridgehead atoms. The largest absolute Gasteiger partial charge is 0.384 e. The average molecular weight is 463 g/mol. The molecule has 1 saturated heterocycles. The molecule has 0 unspecified atom stereocenters. The number of hydrogen-bond donors (Lipinski definition) is 4. The average Bonchev–Trinajstić information content (AvgIpc) is 3.52. The third-order valence-corrected chi connectivity index (χ3v) is 7.07. The molecule has 1 aliphatic heterocycles. The summed E-state index contributed by atoms with van der Waals surface area (Å²) in [5.41, 5.74) is 9.65. The molecule has 0 atom stereocenters. The number of nitrogens with zero attached hydrogens (tertiary/aromatic N) is 4. The number of nitrogens with one attached hydrogen (secondary N) is 3. The monoisotopic (exact) mass is 462 g/mol. The number of nitrogen functional groups attached to an aromatic ring is 1. The molecule has 5 N–H and O–H groups in total. The number of ether oxygens (including phenoxy) is 1. The van der Waals surface area contributed by atoms with E-state index in [2.05, 4.69) is 61.9 Å². The number of tetrazole rings is 1. The Morgan fingerprint density at radius 2 is 2.03 bits per heavy atom. The summed E-state index contributed by atoms with van der Waals surface area (Å²) in [7, 11) is 0. The van der Waals surface area contributed by atoms with Crippen molar-refractivity contribution >= 4 is 23.0 Å². The van der Waals surface area contributed by atoms with E-state index in [-0.39, 0.29) is 17.1 Å². The molecule has 10 heteroatoms.